The van der Waals surface area contributed by atoms with Crippen LogP contribution in [-0.2, 0) is 6.42 Å². The molecule has 0 spiro atoms. The van der Waals surface area contributed by atoms with E-state index >= 15 is 0 Å². The van der Waals surface area contributed by atoms with Gasteiger partial charge >= 0.3 is 0 Å². The summed E-state index contributed by atoms with van der Waals surface area (Å²) in [6.45, 7) is 1.94. The number of Topliss-reactive ketones (excluding diaryl/α,β-unsaturated/α-hetero) is 1. The fourth-order valence-corrected chi connectivity index (χ4v) is 2.87. The second kappa shape index (κ2) is 6.13. The average molecular weight is 321 g/mol. The fourth-order valence-electron chi connectivity index (χ4n) is 2.87. The number of aromatic nitrogens is 1. The van der Waals surface area contributed by atoms with Gasteiger partial charge in [0.15, 0.2) is 5.78 Å². The highest BCUT2D eigenvalue weighted by molar-refractivity contribution is 6.07. The first kappa shape index (κ1) is 15.7. The van der Waals surface area contributed by atoms with Gasteiger partial charge in [0, 0.05) is 17.7 Å². The molecule has 1 aromatic carbocycles. The zero-order chi connectivity index (χ0) is 17.3. The molecule has 1 amide bonds. The van der Waals surface area contributed by atoms with Crippen molar-refractivity contribution >= 4 is 17.4 Å². The molecule has 1 atom stereocenters. The molecule has 1 aliphatic carbocycles. The van der Waals surface area contributed by atoms with Gasteiger partial charge in [-0.05, 0) is 30.5 Å². The molecule has 1 aromatic heterocycles. The van der Waals surface area contributed by atoms with Crippen molar-refractivity contribution in [3.05, 3.63) is 63.1 Å². The number of carbonyl (C=O) groups is 2. The molecule has 120 valence electrons. The van der Waals surface area contributed by atoms with Crippen LogP contribution < -0.4 is 10.9 Å². The van der Waals surface area contributed by atoms with E-state index in [1.54, 1.807) is 24.3 Å². The van der Waals surface area contributed by atoms with Crippen LogP contribution in [0.3, 0.4) is 0 Å². The highest BCUT2D eigenvalue weighted by atomic mass is 16.2. The lowest BCUT2D eigenvalue weighted by atomic mass is 9.86. The molecule has 6 heteroatoms. The van der Waals surface area contributed by atoms with Crippen molar-refractivity contribution in [2.45, 2.75) is 19.8 Å². The van der Waals surface area contributed by atoms with E-state index in [9.17, 15) is 14.4 Å². The Hall–Kier alpha value is -3.20. The summed E-state index contributed by atoms with van der Waals surface area (Å²) in [5.74, 6) is -0.553. The third-order valence-corrected chi connectivity index (χ3v) is 4.05. The van der Waals surface area contributed by atoms with E-state index in [2.05, 4.69) is 10.3 Å². The molecule has 1 aliphatic rings. The Morgan fingerprint density at radius 1 is 1.29 bits per heavy atom. The van der Waals surface area contributed by atoms with Crippen molar-refractivity contribution in [3.63, 3.8) is 0 Å². The van der Waals surface area contributed by atoms with Crippen molar-refractivity contribution in [2.75, 3.05) is 5.32 Å². The molecule has 24 heavy (non-hydrogen) atoms. The quantitative estimate of drug-likeness (QED) is 0.885. The lowest BCUT2D eigenvalue weighted by molar-refractivity contribution is 0.0952. The summed E-state index contributed by atoms with van der Waals surface area (Å²) in [7, 11) is 0. The van der Waals surface area contributed by atoms with Crippen LogP contribution in [0.5, 0.6) is 0 Å². The number of amides is 1. The summed E-state index contributed by atoms with van der Waals surface area (Å²) in [6.07, 6.45) is 1.01. The number of anilines is 1. The maximum Gasteiger partial charge on any atom is 0.261 e. The molecule has 0 saturated carbocycles. The van der Waals surface area contributed by atoms with Gasteiger partial charge in [-0.1, -0.05) is 19.1 Å². The first-order chi connectivity index (χ1) is 11.5. The molecule has 0 radical (unpaired) electrons. The number of hydrogen-bond donors (Lipinski definition) is 2. The first-order valence-corrected chi connectivity index (χ1v) is 7.59. The summed E-state index contributed by atoms with van der Waals surface area (Å²) in [5.41, 5.74) is 0.920. The summed E-state index contributed by atoms with van der Waals surface area (Å²) in [5, 5.41) is 11.6. The molecule has 0 saturated heterocycles. The molecule has 6 nitrogen and oxygen atoms in total. The van der Waals surface area contributed by atoms with Crippen molar-refractivity contribution in [1.29, 1.82) is 5.26 Å². The molecular formula is C18H15N3O3. The van der Waals surface area contributed by atoms with Crippen molar-refractivity contribution < 1.29 is 9.59 Å². The maximum absolute atomic E-state index is 12.4. The van der Waals surface area contributed by atoms with Crippen LogP contribution in [0.4, 0.5) is 5.69 Å². The highest BCUT2D eigenvalue weighted by Crippen LogP contribution is 2.23. The van der Waals surface area contributed by atoms with Gasteiger partial charge in [0.1, 0.15) is 11.6 Å². The van der Waals surface area contributed by atoms with Crippen molar-refractivity contribution in [1.82, 2.24) is 4.98 Å². The number of pyridine rings is 1. The van der Waals surface area contributed by atoms with Gasteiger partial charge in [-0.3, -0.25) is 14.4 Å². The standard InChI is InChI=1S/C18H15N3O3/c1-10-6-15-12(16(22)7-10)8-13(18(24)21-15)17(23)20-14-5-3-2-4-11(14)9-19/h2-5,8,10H,6-7H2,1H3,(H,20,23)(H,21,24). The van der Waals surface area contributed by atoms with Crippen LogP contribution >= 0.6 is 0 Å². The van der Waals surface area contributed by atoms with Crippen LogP contribution in [0.15, 0.2) is 35.1 Å². The number of aromatic amines is 1. The van der Waals surface area contributed by atoms with Crippen LogP contribution in [0, 0.1) is 17.2 Å². The Balaban J connectivity index is 1.97. The zero-order valence-electron chi connectivity index (χ0n) is 13.1. The van der Waals surface area contributed by atoms with Crippen molar-refractivity contribution in [2.24, 2.45) is 5.92 Å². The van der Waals surface area contributed by atoms with Gasteiger partial charge in [0.05, 0.1) is 11.3 Å². The van der Waals surface area contributed by atoms with Crippen LogP contribution in [-0.4, -0.2) is 16.7 Å². The molecule has 0 fully saturated rings. The normalized spacial score (nSPS) is 16.2. The molecule has 1 unspecified atom stereocenters. The summed E-state index contributed by atoms with van der Waals surface area (Å²) in [6, 6.07) is 9.83. The molecule has 0 bridgehead atoms. The lowest BCUT2D eigenvalue weighted by Gasteiger charge is -2.20. The topological polar surface area (TPSA) is 103 Å². The van der Waals surface area contributed by atoms with Crippen molar-refractivity contribution in [3.8, 4) is 6.07 Å². The second-order valence-corrected chi connectivity index (χ2v) is 5.95. The zero-order valence-corrected chi connectivity index (χ0v) is 13.1. The second-order valence-electron chi connectivity index (χ2n) is 5.95. The third-order valence-electron chi connectivity index (χ3n) is 4.05. The van der Waals surface area contributed by atoms with Gasteiger partial charge < -0.3 is 10.3 Å². The molecule has 2 N–H and O–H groups in total. The number of fused-ring (bicyclic) bond motifs is 1. The Morgan fingerprint density at radius 3 is 2.79 bits per heavy atom. The number of nitrogens with zero attached hydrogens (tertiary/aromatic N) is 1. The van der Waals surface area contributed by atoms with Gasteiger partial charge in [-0.2, -0.15) is 5.26 Å². The maximum atomic E-state index is 12.4. The Kier molecular flexibility index (Phi) is 4.00. The molecule has 2 aromatic rings. The molecular weight excluding hydrogens is 306 g/mol. The predicted octanol–water partition coefficient (Wildman–Crippen LogP) is 2.26. The van der Waals surface area contributed by atoms with Gasteiger partial charge in [-0.15, -0.1) is 0 Å². The number of carbonyl (C=O) groups excluding carboxylic acids is 2. The van der Waals surface area contributed by atoms with Gasteiger partial charge in [-0.25, -0.2) is 0 Å². The van der Waals surface area contributed by atoms with E-state index in [4.69, 9.17) is 5.26 Å². The minimum atomic E-state index is -0.645. The summed E-state index contributed by atoms with van der Waals surface area (Å²) in [4.78, 5) is 39.4. The number of nitrogens with one attached hydrogen (secondary N) is 2. The van der Waals surface area contributed by atoms with Crippen LogP contribution in [0.1, 0.15) is 45.3 Å². The SMILES string of the molecule is CC1CC(=O)c2cc(C(=O)Nc3ccccc3C#N)c(=O)[nH]c2C1. The fraction of sp³-hybridized carbons (Fsp3) is 0.222. The van der Waals surface area contributed by atoms with Crippen LogP contribution in [0.2, 0.25) is 0 Å². The number of H-pyrrole nitrogens is 1. The van der Waals surface area contributed by atoms with E-state index in [0.29, 0.717) is 35.3 Å². The van der Waals surface area contributed by atoms with E-state index in [-0.39, 0.29) is 17.3 Å². The van der Waals surface area contributed by atoms with Gasteiger partial charge in [0.2, 0.25) is 0 Å². The van der Waals surface area contributed by atoms with E-state index in [1.807, 2.05) is 13.0 Å². The molecule has 3 rings (SSSR count). The molecule has 0 aliphatic heterocycles. The predicted molar refractivity (Wildman–Crippen MR) is 88.0 cm³/mol. The van der Waals surface area contributed by atoms with Crippen LogP contribution in [0.25, 0.3) is 0 Å². The van der Waals surface area contributed by atoms with E-state index < -0.39 is 11.5 Å². The number of para-hydroxylation sites is 1. The third kappa shape index (κ3) is 2.84. The number of rotatable bonds is 2. The number of ketones is 1. The average Bonchev–Trinajstić information content (AvgIpc) is 2.54. The Labute approximate surface area is 138 Å². The Morgan fingerprint density at radius 2 is 2.04 bits per heavy atom. The number of nitriles is 1. The minimum Gasteiger partial charge on any atom is -0.325 e. The lowest BCUT2D eigenvalue weighted by Crippen LogP contribution is -2.29. The number of benzene rings is 1. The van der Waals surface area contributed by atoms with E-state index in [1.165, 1.54) is 6.07 Å². The largest absolute Gasteiger partial charge is 0.325 e. The monoisotopic (exact) mass is 321 g/mol. The summed E-state index contributed by atoms with van der Waals surface area (Å²) >= 11 is 0. The van der Waals surface area contributed by atoms with Gasteiger partial charge in [0.25, 0.3) is 11.5 Å². The first-order valence-electron chi connectivity index (χ1n) is 7.59. The number of hydrogen-bond acceptors (Lipinski definition) is 4. The Bertz CT molecular complexity index is 937. The molecule has 1 heterocycles. The summed E-state index contributed by atoms with van der Waals surface area (Å²) < 4.78 is 0. The smallest absolute Gasteiger partial charge is 0.261 e. The highest BCUT2D eigenvalue weighted by Gasteiger charge is 2.25. The van der Waals surface area contributed by atoms with E-state index in [0.717, 1.165) is 0 Å². The minimum absolute atomic E-state index is 0.0773.